The van der Waals surface area contributed by atoms with Crippen LogP contribution in [-0.2, 0) is 9.47 Å². The number of likely N-dealkylation sites (N-methyl/N-ethyl adjacent to an activating group) is 1. The number of rotatable bonds is 9. The van der Waals surface area contributed by atoms with E-state index in [2.05, 4.69) is 5.32 Å². The summed E-state index contributed by atoms with van der Waals surface area (Å²) in [6.07, 6.45) is -1.69. The van der Waals surface area contributed by atoms with Crippen LogP contribution in [0.25, 0.3) is 0 Å². The molecule has 0 aromatic rings. The van der Waals surface area contributed by atoms with Crippen molar-refractivity contribution < 1.29 is 18.3 Å². The second kappa shape index (κ2) is 9.30. The Morgan fingerprint density at radius 3 is 2.50 bits per heavy atom. The van der Waals surface area contributed by atoms with E-state index in [1.54, 1.807) is 7.11 Å². The highest BCUT2D eigenvalue weighted by Crippen LogP contribution is 1.97. The number of halogens is 2. The number of hydrogen-bond donors (Lipinski definition) is 1. The van der Waals surface area contributed by atoms with E-state index in [0.29, 0.717) is 19.6 Å². The third-order valence-electron chi connectivity index (χ3n) is 1.72. The molecule has 14 heavy (non-hydrogen) atoms. The number of methoxy groups -OCH3 is 1. The summed E-state index contributed by atoms with van der Waals surface area (Å²) < 4.78 is 33.1. The Morgan fingerprint density at radius 1 is 1.29 bits per heavy atom. The van der Waals surface area contributed by atoms with Crippen LogP contribution in [0.15, 0.2) is 0 Å². The third-order valence-corrected chi connectivity index (χ3v) is 1.72. The van der Waals surface area contributed by atoms with Crippen LogP contribution in [0.1, 0.15) is 13.3 Å². The lowest BCUT2D eigenvalue weighted by Crippen LogP contribution is -2.34. The second-order valence-corrected chi connectivity index (χ2v) is 2.96. The highest BCUT2D eigenvalue weighted by molar-refractivity contribution is 4.64. The predicted molar refractivity (Wildman–Crippen MR) is 50.8 cm³/mol. The standard InChI is InChI=1S/C9H19F2NO2/c1-3-12-8(6-13-2)4-5-14-7-9(10)11/h8-9,12H,3-7H2,1-2H3. The van der Waals surface area contributed by atoms with E-state index < -0.39 is 13.0 Å². The average Bonchev–Trinajstić information content (AvgIpc) is 2.12. The van der Waals surface area contributed by atoms with Crippen molar-refractivity contribution in [2.75, 3.05) is 33.5 Å². The van der Waals surface area contributed by atoms with Crippen LogP contribution in [0.2, 0.25) is 0 Å². The fourth-order valence-electron chi connectivity index (χ4n) is 1.13. The highest BCUT2D eigenvalue weighted by Gasteiger charge is 2.07. The Hall–Kier alpha value is -0.260. The lowest BCUT2D eigenvalue weighted by molar-refractivity contribution is 0.0119. The molecule has 0 bridgehead atoms. The van der Waals surface area contributed by atoms with Gasteiger partial charge in [0.15, 0.2) is 0 Å². The monoisotopic (exact) mass is 211 g/mol. The minimum Gasteiger partial charge on any atom is -0.383 e. The van der Waals surface area contributed by atoms with Gasteiger partial charge in [-0.3, -0.25) is 0 Å². The van der Waals surface area contributed by atoms with Gasteiger partial charge in [0.05, 0.1) is 6.61 Å². The minimum atomic E-state index is -2.38. The summed E-state index contributed by atoms with van der Waals surface area (Å²) in [7, 11) is 1.62. The van der Waals surface area contributed by atoms with Crippen molar-refractivity contribution in [1.82, 2.24) is 5.32 Å². The Bertz CT molecular complexity index is 119. The van der Waals surface area contributed by atoms with Crippen LogP contribution >= 0.6 is 0 Å². The van der Waals surface area contributed by atoms with Crippen LogP contribution in [0, 0.1) is 0 Å². The van der Waals surface area contributed by atoms with E-state index in [4.69, 9.17) is 9.47 Å². The van der Waals surface area contributed by atoms with Crippen molar-refractivity contribution in [2.24, 2.45) is 0 Å². The van der Waals surface area contributed by atoms with Gasteiger partial charge in [0.25, 0.3) is 6.43 Å². The molecule has 5 heteroatoms. The van der Waals surface area contributed by atoms with Crippen LogP contribution < -0.4 is 5.32 Å². The fourth-order valence-corrected chi connectivity index (χ4v) is 1.13. The molecule has 0 fully saturated rings. The molecule has 0 rings (SSSR count). The van der Waals surface area contributed by atoms with Crippen LogP contribution in [0.5, 0.6) is 0 Å². The molecule has 3 nitrogen and oxygen atoms in total. The minimum absolute atomic E-state index is 0.183. The first-order valence-electron chi connectivity index (χ1n) is 4.78. The summed E-state index contributed by atoms with van der Waals surface area (Å²) in [5, 5.41) is 3.18. The molecule has 1 N–H and O–H groups in total. The van der Waals surface area contributed by atoms with Crippen LogP contribution in [0.4, 0.5) is 8.78 Å². The quantitative estimate of drug-likeness (QED) is 0.583. The zero-order chi connectivity index (χ0) is 10.8. The molecule has 0 amide bonds. The van der Waals surface area contributed by atoms with Crippen molar-refractivity contribution in [3.8, 4) is 0 Å². The van der Waals surface area contributed by atoms with Crippen molar-refractivity contribution in [3.63, 3.8) is 0 Å². The second-order valence-electron chi connectivity index (χ2n) is 2.96. The van der Waals surface area contributed by atoms with Gasteiger partial charge in [0.1, 0.15) is 6.61 Å². The van der Waals surface area contributed by atoms with Crippen molar-refractivity contribution >= 4 is 0 Å². The SMILES string of the molecule is CCNC(CCOCC(F)F)COC. The molecule has 0 radical (unpaired) electrons. The molecule has 0 aliphatic rings. The van der Waals surface area contributed by atoms with E-state index in [-0.39, 0.29) is 6.04 Å². The third kappa shape index (κ3) is 8.34. The number of ether oxygens (including phenoxy) is 2. The summed E-state index contributed by atoms with van der Waals surface area (Å²) in [6.45, 7) is 3.26. The van der Waals surface area contributed by atoms with E-state index in [9.17, 15) is 8.78 Å². The zero-order valence-electron chi connectivity index (χ0n) is 8.76. The molecule has 0 aliphatic carbocycles. The molecule has 1 atom stereocenters. The van der Waals surface area contributed by atoms with Crippen LogP contribution in [-0.4, -0.2) is 45.9 Å². The normalized spacial score (nSPS) is 13.5. The van der Waals surface area contributed by atoms with E-state index >= 15 is 0 Å². The summed E-state index contributed by atoms with van der Waals surface area (Å²) in [5.74, 6) is 0. The van der Waals surface area contributed by atoms with Gasteiger partial charge < -0.3 is 14.8 Å². The van der Waals surface area contributed by atoms with Gasteiger partial charge >= 0.3 is 0 Å². The predicted octanol–water partition coefficient (Wildman–Crippen LogP) is 1.28. The summed E-state index contributed by atoms with van der Waals surface area (Å²) >= 11 is 0. The first kappa shape index (κ1) is 13.7. The zero-order valence-corrected chi connectivity index (χ0v) is 8.76. The van der Waals surface area contributed by atoms with Gasteiger partial charge in [0.2, 0.25) is 0 Å². The maximum absolute atomic E-state index is 11.7. The number of alkyl halides is 2. The molecule has 0 aromatic heterocycles. The lowest BCUT2D eigenvalue weighted by atomic mass is 10.2. The van der Waals surface area contributed by atoms with Crippen molar-refractivity contribution in [2.45, 2.75) is 25.8 Å². The number of hydrogen-bond acceptors (Lipinski definition) is 3. The molecule has 0 heterocycles. The van der Waals surface area contributed by atoms with Gasteiger partial charge in [-0.1, -0.05) is 6.92 Å². The van der Waals surface area contributed by atoms with Gasteiger partial charge in [0, 0.05) is 19.8 Å². The topological polar surface area (TPSA) is 30.5 Å². The molecule has 0 saturated heterocycles. The summed E-state index contributed by atoms with van der Waals surface area (Å²) in [5.41, 5.74) is 0. The Kier molecular flexibility index (Phi) is 9.13. The number of nitrogens with one attached hydrogen (secondary N) is 1. The van der Waals surface area contributed by atoms with E-state index in [0.717, 1.165) is 6.54 Å². The van der Waals surface area contributed by atoms with E-state index in [1.165, 1.54) is 0 Å². The van der Waals surface area contributed by atoms with Crippen LogP contribution in [0.3, 0.4) is 0 Å². The fraction of sp³-hybridized carbons (Fsp3) is 1.00. The maximum Gasteiger partial charge on any atom is 0.261 e. The van der Waals surface area contributed by atoms with Gasteiger partial charge in [-0.2, -0.15) is 0 Å². The summed E-state index contributed by atoms with van der Waals surface area (Å²) in [6, 6.07) is 0.183. The van der Waals surface area contributed by atoms with E-state index in [1.807, 2.05) is 6.92 Å². The van der Waals surface area contributed by atoms with Crippen molar-refractivity contribution in [1.29, 1.82) is 0 Å². The molecule has 0 spiro atoms. The smallest absolute Gasteiger partial charge is 0.261 e. The van der Waals surface area contributed by atoms with Gasteiger partial charge in [-0.25, -0.2) is 8.78 Å². The molecule has 0 aromatic carbocycles. The lowest BCUT2D eigenvalue weighted by Gasteiger charge is -2.16. The Morgan fingerprint density at radius 2 is 2.00 bits per heavy atom. The molecular formula is C9H19F2NO2. The maximum atomic E-state index is 11.7. The first-order chi connectivity index (χ1) is 6.70. The summed E-state index contributed by atoms with van der Waals surface area (Å²) in [4.78, 5) is 0. The average molecular weight is 211 g/mol. The van der Waals surface area contributed by atoms with Gasteiger partial charge in [-0.05, 0) is 13.0 Å². The molecule has 0 aliphatic heterocycles. The van der Waals surface area contributed by atoms with Gasteiger partial charge in [-0.15, -0.1) is 0 Å². The molecule has 0 saturated carbocycles. The van der Waals surface area contributed by atoms with Crippen molar-refractivity contribution in [3.05, 3.63) is 0 Å². The highest BCUT2D eigenvalue weighted by atomic mass is 19.3. The first-order valence-corrected chi connectivity index (χ1v) is 4.78. The largest absolute Gasteiger partial charge is 0.383 e. The molecular weight excluding hydrogens is 192 g/mol. The molecule has 86 valence electrons. The Balaban J connectivity index is 3.40. The molecule has 1 unspecified atom stereocenters. The Labute approximate surface area is 83.8 Å².